The van der Waals surface area contributed by atoms with Crippen molar-refractivity contribution in [2.75, 3.05) is 16.8 Å². The molecule has 0 radical (unpaired) electrons. The topological polar surface area (TPSA) is 62.6 Å². The fourth-order valence-corrected chi connectivity index (χ4v) is 2.81. The van der Waals surface area contributed by atoms with Crippen LogP contribution in [0, 0.1) is 5.92 Å². The molecule has 1 fully saturated rings. The van der Waals surface area contributed by atoms with E-state index in [2.05, 4.69) is 5.32 Å². The summed E-state index contributed by atoms with van der Waals surface area (Å²) in [6.45, 7) is 0.634. The second-order valence-corrected chi connectivity index (χ2v) is 5.79. The maximum Gasteiger partial charge on any atom is 0.293 e. The fraction of sp³-hybridized carbons (Fsp3) is 0.294. The average Bonchev–Trinajstić information content (AvgIpc) is 3.08. The molecule has 5 nitrogen and oxygen atoms in total. The van der Waals surface area contributed by atoms with Crippen LogP contribution in [0.1, 0.15) is 29.0 Å². The van der Waals surface area contributed by atoms with Gasteiger partial charge >= 0.3 is 0 Å². The van der Waals surface area contributed by atoms with Gasteiger partial charge in [-0.05, 0) is 55.2 Å². The predicted octanol–water partition coefficient (Wildman–Crippen LogP) is 2.83. The van der Waals surface area contributed by atoms with E-state index in [0.717, 1.165) is 36.2 Å². The summed E-state index contributed by atoms with van der Waals surface area (Å²) >= 11 is 0. The molecule has 1 aliphatic carbocycles. The minimum atomic E-state index is -0.126. The Morgan fingerprint density at radius 2 is 2.09 bits per heavy atom. The molecule has 112 valence electrons. The van der Waals surface area contributed by atoms with Gasteiger partial charge in [0.25, 0.3) is 5.91 Å². The third-order valence-corrected chi connectivity index (χ3v) is 4.17. The molecular formula is C17H16N2O3. The number of hydrogen-bond donors (Lipinski definition) is 1. The van der Waals surface area contributed by atoms with Crippen LogP contribution in [0.4, 0.5) is 11.4 Å². The van der Waals surface area contributed by atoms with E-state index in [-0.39, 0.29) is 17.7 Å². The molecule has 4 rings (SSSR count). The third kappa shape index (κ3) is 2.28. The Bertz CT molecular complexity index is 732. The summed E-state index contributed by atoms with van der Waals surface area (Å²) in [6.07, 6.45) is 4.26. The van der Waals surface area contributed by atoms with E-state index in [4.69, 9.17) is 4.42 Å². The lowest BCUT2D eigenvalue weighted by molar-refractivity contribution is -0.117. The summed E-state index contributed by atoms with van der Waals surface area (Å²) in [5.41, 5.74) is 2.78. The Balaban J connectivity index is 1.55. The van der Waals surface area contributed by atoms with E-state index >= 15 is 0 Å². The highest BCUT2D eigenvalue weighted by Gasteiger charge is 2.30. The molecule has 2 heterocycles. The first kappa shape index (κ1) is 13.1. The monoisotopic (exact) mass is 296 g/mol. The summed E-state index contributed by atoms with van der Waals surface area (Å²) in [7, 11) is 0. The van der Waals surface area contributed by atoms with Gasteiger partial charge in [-0.25, -0.2) is 0 Å². The Kier molecular flexibility index (Phi) is 2.99. The van der Waals surface area contributed by atoms with Crippen LogP contribution in [0.2, 0.25) is 0 Å². The molecule has 2 amide bonds. The number of furan rings is 1. The van der Waals surface area contributed by atoms with Gasteiger partial charge in [0.2, 0.25) is 5.91 Å². The molecule has 0 unspecified atom stereocenters. The van der Waals surface area contributed by atoms with Crippen molar-refractivity contribution in [3.8, 4) is 0 Å². The lowest BCUT2D eigenvalue weighted by Crippen LogP contribution is -2.28. The van der Waals surface area contributed by atoms with Gasteiger partial charge in [0.05, 0.1) is 6.26 Å². The van der Waals surface area contributed by atoms with Gasteiger partial charge in [0.1, 0.15) is 0 Å². The van der Waals surface area contributed by atoms with Crippen LogP contribution in [0.25, 0.3) is 0 Å². The number of benzene rings is 1. The smallest absolute Gasteiger partial charge is 0.293 e. The van der Waals surface area contributed by atoms with E-state index in [0.29, 0.717) is 12.3 Å². The molecule has 2 aliphatic rings. The van der Waals surface area contributed by atoms with Gasteiger partial charge in [-0.1, -0.05) is 0 Å². The molecule has 1 aliphatic heterocycles. The second kappa shape index (κ2) is 5.02. The van der Waals surface area contributed by atoms with Gasteiger partial charge in [-0.15, -0.1) is 0 Å². The van der Waals surface area contributed by atoms with Crippen LogP contribution in [-0.4, -0.2) is 18.4 Å². The molecule has 1 saturated carbocycles. The minimum Gasteiger partial charge on any atom is -0.459 e. The Morgan fingerprint density at radius 3 is 2.82 bits per heavy atom. The number of fused-ring (bicyclic) bond motifs is 1. The standard InChI is InChI=1S/C17H16N2O3/c20-16(11-3-4-11)18-13-5-6-14-12(10-13)7-8-19(14)17(21)15-2-1-9-22-15/h1-2,5-6,9-11H,3-4,7-8H2,(H,18,20). The molecule has 5 heteroatoms. The van der Waals surface area contributed by atoms with E-state index in [9.17, 15) is 9.59 Å². The fourth-order valence-electron chi connectivity index (χ4n) is 2.81. The zero-order chi connectivity index (χ0) is 15.1. The van der Waals surface area contributed by atoms with Crippen LogP contribution < -0.4 is 10.2 Å². The van der Waals surface area contributed by atoms with Gasteiger partial charge < -0.3 is 14.6 Å². The number of nitrogens with one attached hydrogen (secondary N) is 1. The molecule has 0 bridgehead atoms. The van der Waals surface area contributed by atoms with E-state index in [1.165, 1.54) is 6.26 Å². The summed E-state index contributed by atoms with van der Waals surface area (Å²) in [5.74, 6) is 0.504. The molecule has 0 saturated heterocycles. The van der Waals surface area contributed by atoms with Gasteiger partial charge in [-0.3, -0.25) is 9.59 Å². The first-order valence-electron chi connectivity index (χ1n) is 7.51. The van der Waals surface area contributed by atoms with Crippen LogP contribution in [-0.2, 0) is 11.2 Å². The molecular weight excluding hydrogens is 280 g/mol. The third-order valence-electron chi connectivity index (χ3n) is 4.17. The number of hydrogen-bond acceptors (Lipinski definition) is 3. The maximum atomic E-state index is 12.4. The van der Waals surface area contributed by atoms with Gasteiger partial charge in [0.15, 0.2) is 5.76 Å². The number of carbonyl (C=O) groups is 2. The van der Waals surface area contributed by atoms with Crippen LogP contribution >= 0.6 is 0 Å². The predicted molar refractivity (Wildman–Crippen MR) is 81.9 cm³/mol. The zero-order valence-corrected chi connectivity index (χ0v) is 12.0. The van der Waals surface area contributed by atoms with Crippen molar-refractivity contribution in [3.05, 3.63) is 47.9 Å². The van der Waals surface area contributed by atoms with E-state index < -0.39 is 0 Å². The number of nitrogens with zero attached hydrogens (tertiary/aromatic N) is 1. The van der Waals surface area contributed by atoms with Crippen molar-refractivity contribution in [1.29, 1.82) is 0 Å². The van der Waals surface area contributed by atoms with Crippen molar-refractivity contribution in [2.24, 2.45) is 5.92 Å². The van der Waals surface area contributed by atoms with Crippen molar-refractivity contribution in [3.63, 3.8) is 0 Å². The minimum absolute atomic E-state index is 0.0986. The molecule has 0 atom stereocenters. The Hall–Kier alpha value is -2.56. The van der Waals surface area contributed by atoms with Crippen LogP contribution in [0.15, 0.2) is 41.0 Å². The van der Waals surface area contributed by atoms with Crippen molar-refractivity contribution in [2.45, 2.75) is 19.3 Å². The summed E-state index contributed by atoms with van der Waals surface area (Å²) in [6, 6.07) is 9.09. The number of amides is 2. The Morgan fingerprint density at radius 1 is 1.23 bits per heavy atom. The zero-order valence-electron chi connectivity index (χ0n) is 12.0. The number of rotatable bonds is 3. The lowest BCUT2D eigenvalue weighted by atomic mass is 10.1. The molecule has 22 heavy (non-hydrogen) atoms. The maximum absolute atomic E-state index is 12.4. The van der Waals surface area contributed by atoms with Gasteiger partial charge in [0, 0.05) is 23.8 Å². The molecule has 2 aromatic rings. The second-order valence-electron chi connectivity index (χ2n) is 5.79. The summed E-state index contributed by atoms with van der Waals surface area (Å²) < 4.78 is 5.18. The van der Waals surface area contributed by atoms with E-state index in [1.807, 2.05) is 18.2 Å². The van der Waals surface area contributed by atoms with Crippen LogP contribution in [0.5, 0.6) is 0 Å². The highest BCUT2D eigenvalue weighted by Crippen LogP contribution is 2.33. The highest BCUT2D eigenvalue weighted by molar-refractivity contribution is 6.05. The van der Waals surface area contributed by atoms with Gasteiger partial charge in [-0.2, -0.15) is 0 Å². The first-order chi connectivity index (χ1) is 10.7. The number of anilines is 2. The van der Waals surface area contributed by atoms with E-state index in [1.54, 1.807) is 17.0 Å². The number of carbonyl (C=O) groups excluding carboxylic acids is 2. The average molecular weight is 296 g/mol. The SMILES string of the molecule is O=C(Nc1ccc2c(c1)CCN2C(=O)c1ccco1)C1CC1. The molecule has 1 aromatic carbocycles. The quantitative estimate of drug-likeness (QED) is 0.947. The first-order valence-corrected chi connectivity index (χ1v) is 7.51. The van der Waals surface area contributed by atoms with Crippen LogP contribution in [0.3, 0.4) is 0 Å². The van der Waals surface area contributed by atoms with Crippen molar-refractivity contribution < 1.29 is 14.0 Å². The highest BCUT2D eigenvalue weighted by atomic mass is 16.3. The summed E-state index contributed by atoms with van der Waals surface area (Å²) in [4.78, 5) is 25.9. The lowest BCUT2D eigenvalue weighted by Gasteiger charge is -2.16. The molecule has 0 spiro atoms. The Labute approximate surface area is 127 Å². The van der Waals surface area contributed by atoms with Crippen molar-refractivity contribution in [1.82, 2.24) is 0 Å². The molecule has 1 N–H and O–H groups in total. The normalized spacial score (nSPS) is 16.5. The largest absolute Gasteiger partial charge is 0.459 e. The molecule has 1 aromatic heterocycles. The summed E-state index contributed by atoms with van der Waals surface area (Å²) in [5, 5.41) is 2.94. The van der Waals surface area contributed by atoms with Crippen molar-refractivity contribution >= 4 is 23.2 Å².